The fourth-order valence-corrected chi connectivity index (χ4v) is 3.82. The molecular weight excluding hydrogens is 324 g/mol. The summed E-state index contributed by atoms with van der Waals surface area (Å²) >= 11 is 0. The van der Waals surface area contributed by atoms with Crippen LogP contribution >= 0.6 is 0 Å². The molecule has 7 nitrogen and oxygen atoms in total. The van der Waals surface area contributed by atoms with Crippen LogP contribution in [0.1, 0.15) is 54.9 Å². The summed E-state index contributed by atoms with van der Waals surface area (Å²) in [6.45, 7) is 13.6. The van der Waals surface area contributed by atoms with Crippen LogP contribution in [0.2, 0.25) is 0 Å². The number of carboxylic acid groups (broad SMARTS) is 1. The molecule has 1 aliphatic heterocycles. The van der Waals surface area contributed by atoms with Crippen molar-refractivity contribution in [3.05, 3.63) is 0 Å². The number of nitrogens with zero attached hydrogens (tertiary/aromatic N) is 1. The van der Waals surface area contributed by atoms with Crippen molar-refractivity contribution >= 4 is 18.0 Å². The van der Waals surface area contributed by atoms with Gasteiger partial charge in [0.15, 0.2) is 5.54 Å². The Morgan fingerprint density at radius 1 is 1.12 bits per heavy atom. The van der Waals surface area contributed by atoms with E-state index in [4.69, 9.17) is 4.74 Å². The highest BCUT2D eigenvalue weighted by Gasteiger charge is 2.69. The third kappa shape index (κ3) is 3.33. The molecule has 2 N–H and O–H groups in total. The summed E-state index contributed by atoms with van der Waals surface area (Å²) in [6, 6.07) is 0. The molecule has 1 unspecified atom stereocenters. The first-order valence-electron chi connectivity index (χ1n) is 8.67. The molecule has 0 aromatic heterocycles. The zero-order chi connectivity index (χ0) is 19.4. The Kier molecular flexibility index (Phi) is 4.38. The minimum absolute atomic E-state index is 0.0379. The minimum Gasteiger partial charge on any atom is -0.479 e. The Labute approximate surface area is 149 Å². The molecule has 2 aliphatic rings. The van der Waals surface area contributed by atoms with Crippen LogP contribution in [0.4, 0.5) is 4.79 Å². The molecule has 0 spiro atoms. The number of carbonyl (C=O) groups excluding carboxylic acids is 2. The van der Waals surface area contributed by atoms with Crippen molar-refractivity contribution < 1.29 is 24.2 Å². The molecule has 1 saturated carbocycles. The fraction of sp³-hybridized carbons (Fsp3) is 0.833. The maximum atomic E-state index is 12.9. The van der Waals surface area contributed by atoms with Crippen LogP contribution in [0, 0.1) is 16.7 Å². The van der Waals surface area contributed by atoms with Crippen LogP contribution in [0.15, 0.2) is 0 Å². The van der Waals surface area contributed by atoms with Gasteiger partial charge in [-0.2, -0.15) is 0 Å². The van der Waals surface area contributed by atoms with Gasteiger partial charge in [0.25, 0.3) is 0 Å². The highest BCUT2D eigenvalue weighted by Crippen LogP contribution is 2.68. The van der Waals surface area contributed by atoms with Gasteiger partial charge < -0.3 is 20.1 Å². The first-order chi connectivity index (χ1) is 11.1. The van der Waals surface area contributed by atoms with E-state index in [0.29, 0.717) is 6.54 Å². The van der Waals surface area contributed by atoms with Gasteiger partial charge in [-0.1, -0.05) is 27.7 Å². The van der Waals surface area contributed by atoms with Gasteiger partial charge in [-0.05, 0) is 31.6 Å². The maximum Gasteiger partial charge on any atom is 0.408 e. The van der Waals surface area contributed by atoms with Gasteiger partial charge in [-0.15, -0.1) is 0 Å². The molecule has 0 radical (unpaired) electrons. The summed E-state index contributed by atoms with van der Waals surface area (Å²) in [5, 5.41) is 12.1. The topological polar surface area (TPSA) is 95.9 Å². The number of carboxylic acids is 1. The number of carbonyl (C=O) groups is 3. The molecule has 0 aromatic rings. The quantitative estimate of drug-likeness (QED) is 0.810. The second-order valence-electron chi connectivity index (χ2n) is 9.40. The second kappa shape index (κ2) is 5.61. The summed E-state index contributed by atoms with van der Waals surface area (Å²) in [4.78, 5) is 38.3. The van der Waals surface area contributed by atoms with E-state index in [1.54, 1.807) is 25.7 Å². The van der Waals surface area contributed by atoms with E-state index in [0.717, 1.165) is 0 Å². The molecule has 1 aliphatic carbocycles. The summed E-state index contributed by atoms with van der Waals surface area (Å²) in [6.07, 6.45) is -0.614. The zero-order valence-corrected chi connectivity index (χ0v) is 16.2. The predicted octanol–water partition coefficient (Wildman–Crippen LogP) is 2.25. The van der Waals surface area contributed by atoms with Crippen LogP contribution in [0.5, 0.6) is 0 Å². The van der Waals surface area contributed by atoms with Crippen LogP contribution in [0.25, 0.3) is 0 Å². The van der Waals surface area contributed by atoms with Crippen LogP contribution < -0.4 is 5.32 Å². The van der Waals surface area contributed by atoms with Gasteiger partial charge in [-0.25, -0.2) is 9.59 Å². The molecular formula is C18H30N2O5. The standard InChI is InChI=1S/C18H30N2O5/c1-15(2,3)25-14(24)19-18(13(22)23)8-9-20(10-18)12(21)11-16(4,5)17(11,6)7/h11H,8-10H2,1-7H3,(H,19,24)(H,22,23). The maximum absolute atomic E-state index is 12.9. The van der Waals surface area contributed by atoms with E-state index in [2.05, 4.69) is 33.0 Å². The average Bonchev–Trinajstić information content (AvgIpc) is 2.73. The van der Waals surface area contributed by atoms with E-state index < -0.39 is 23.2 Å². The highest BCUT2D eigenvalue weighted by molar-refractivity contribution is 5.89. The number of hydrogen-bond acceptors (Lipinski definition) is 4. The molecule has 25 heavy (non-hydrogen) atoms. The number of ether oxygens (including phenoxy) is 1. The fourth-order valence-electron chi connectivity index (χ4n) is 3.82. The lowest BCUT2D eigenvalue weighted by atomic mass is 9.99. The van der Waals surface area contributed by atoms with Crippen LogP contribution in [0.3, 0.4) is 0 Å². The first-order valence-corrected chi connectivity index (χ1v) is 8.67. The van der Waals surface area contributed by atoms with E-state index in [1.165, 1.54) is 0 Å². The van der Waals surface area contributed by atoms with Crippen molar-refractivity contribution in [3.63, 3.8) is 0 Å². The Balaban J connectivity index is 2.10. The average molecular weight is 354 g/mol. The van der Waals surface area contributed by atoms with E-state index in [1.807, 2.05) is 0 Å². The Morgan fingerprint density at radius 3 is 2.04 bits per heavy atom. The summed E-state index contributed by atoms with van der Waals surface area (Å²) in [5.74, 6) is -1.32. The molecule has 1 atom stereocenters. The third-order valence-electron chi connectivity index (χ3n) is 6.00. The number of likely N-dealkylation sites (tertiary alicyclic amines) is 1. The van der Waals surface area contributed by atoms with Crippen LogP contribution in [-0.4, -0.2) is 52.2 Å². The lowest BCUT2D eigenvalue weighted by Gasteiger charge is -2.28. The Bertz CT molecular complexity index is 591. The lowest BCUT2D eigenvalue weighted by Crippen LogP contribution is -2.57. The lowest BCUT2D eigenvalue weighted by molar-refractivity contribution is -0.144. The Hall–Kier alpha value is -1.79. The van der Waals surface area contributed by atoms with E-state index >= 15 is 0 Å². The minimum atomic E-state index is -1.50. The molecule has 1 saturated heterocycles. The largest absolute Gasteiger partial charge is 0.479 e. The smallest absolute Gasteiger partial charge is 0.408 e. The van der Waals surface area contributed by atoms with E-state index in [-0.39, 0.29) is 35.6 Å². The van der Waals surface area contributed by atoms with Gasteiger partial charge in [0.2, 0.25) is 5.91 Å². The highest BCUT2D eigenvalue weighted by atomic mass is 16.6. The van der Waals surface area contributed by atoms with Crippen molar-refractivity contribution in [2.75, 3.05) is 13.1 Å². The number of alkyl carbamates (subject to hydrolysis) is 1. The second-order valence-corrected chi connectivity index (χ2v) is 9.40. The van der Waals surface area contributed by atoms with Crippen molar-refractivity contribution in [1.82, 2.24) is 10.2 Å². The number of nitrogens with one attached hydrogen (secondary N) is 1. The monoisotopic (exact) mass is 354 g/mol. The van der Waals surface area contributed by atoms with E-state index in [9.17, 15) is 19.5 Å². The molecule has 2 fully saturated rings. The number of amides is 2. The number of hydrogen-bond donors (Lipinski definition) is 2. The summed E-state index contributed by atoms with van der Waals surface area (Å²) in [5.41, 5.74) is -2.45. The third-order valence-corrected chi connectivity index (χ3v) is 6.00. The number of rotatable bonds is 3. The van der Waals surface area contributed by atoms with Gasteiger partial charge in [0.1, 0.15) is 5.60 Å². The predicted molar refractivity (Wildman–Crippen MR) is 92.0 cm³/mol. The summed E-state index contributed by atoms with van der Waals surface area (Å²) in [7, 11) is 0. The molecule has 0 bridgehead atoms. The van der Waals surface area contributed by atoms with Gasteiger partial charge in [0, 0.05) is 18.9 Å². The normalized spacial score (nSPS) is 27.7. The Morgan fingerprint density at radius 2 is 1.64 bits per heavy atom. The van der Waals surface area contributed by atoms with Gasteiger partial charge >= 0.3 is 12.1 Å². The molecule has 142 valence electrons. The molecule has 7 heteroatoms. The van der Waals surface area contributed by atoms with Crippen molar-refractivity contribution in [1.29, 1.82) is 0 Å². The van der Waals surface area contributed by atoms with Crippen molar-refractivity contribution in [3.8, 4) is 0 Å². The molecule has 0 aromatic carbocycles. The van der Waals surface area contributed by atoms with Gasteiger partial charge in [0.05, 0.1) is 6.54 Å². The number of aliphatic carboxylic acids is 1. The SMILES string of the molecule is CC(C)(C)OC(=O)NC1(C(=O)O)CCN(C(=O)C2C(C)(C)C2(C)C)C1. The zero-order valence-electron chi connectivity index (χ0n) is 16.2. The van der Waals surface area contributed by atoms with Crippen molar-refractivity contribution in [2.24, 2.45) is 16.7 Å². The molecule has 1 heterocycles. The molecule has 2 rings (SSSR count). The van der Waals surface area contributed by atoms with Crippen molar-refractivity contribution in [2.45, 2.75) is 66.0 Å². The first kappa shape index (κ1) is 19.5. The van der Waals surface area contributed by atoms with Gasteiger partial charge in [-0.3, -0.25) is 4.79 Å². The van der Waals surface area contributed by atoms with Crippen LogP contribution in [-0.2, 0) is 14.3 Å². The molecule has 2 amide bonds. The summed E-state index contributed by atoms with van der Waals surface area (Å²) < 4.78 is 5.18.